The predicted molar refractivity (Wildman–Crippen MR) is 116 cm³/mol. The molecule has 7 nitrogen and oxygen atoms in total. The van der Waals surface area contributed by atoms with Gasteiger partial charge in [0, 0.05) is 31.4 Å². The number of benzene rings is 1. The summed E-state index contributed by atoms with van der Waals surface area (Å²) >= 11 is 0. The Morgan fingerprint density at radius 3 is 2.50 bits per heavy atom. The molecule has 2 aromatic rings. The van der Waals surface area contributed by atoms with E-state index in [4.69, 9.17) is 4.74 Å². The molecule has 0 spiro atoms. The van der Waals surface area contributed by atoms with Gasteiger partial charge in [0.1, 0.15) is 11.9 Å². The van der Waals surface area contributed by atoms with Crippen LogP contribution >= 0.6 is 0 Å². The minimum absolute atomic E-state index is 0.0134. The van der Waals surface area contributed by atoms with E-state index in [-0.39, 0.29) is 17.7 Å². The summed E-state index contributed by atoms with van der Waals surface area (Å²) in [6.45, 7) is 7.43. The molecule has 2 amide bonds. The molecule has 1 saturated heterocycles. The van der Waals surface area contributed by atoms with E-state index in [0.29, 0.717) is 25.3 Å². The quantitative estimate of drug-likeness (QED) is 0.698. The number of rotatable bonds is 8. The second kappa shape index (κ2) is 10.7. The van der Waals surface area contributed by atoms with Crippen molar-refractivity contribution < 1.29 is 14.3 Å². The number of amides is 2. The van der Waals surface area contributed by atoms with Crippen LogP contribution in [0.1, 0.15) is 36.2 Å². The molecule has 0 bridgehead atoms. The highest BCUT2D eigenvalue weighted by molar-refractivity contribution is 5.97. The van der Waals surface area contributed by atoms with E-state index in [1.165, 1.54) is 0 Å². The standard InChI is InChI=1S/C23H30N4O3/c1-3-17(2)21(26-22(28)19-7-5-4-6-8-19)23(29)25-16-18-9-10-20(24-15-18)27-11-13-30-14-12-27/h4-10,15,17,21H,3,11-14,16H2,1-2H3,(H,25,29)(H,26,28)/t17-,21+/m1/s1. The Labute approximate surface area is 177 Å². The summed E-state index contributed by atoms with van der Waals surface area (Å²) in [7, 11) is 0. The summed E-state index contributed by atoms with van der Waals surface area (Å²) in [6.07, 6.45) is 2.56. The Morgan fingerprint density at radius 2 is 1.87 bits per heavy atom. The number of nitrogens with zero attached hydrogens (tertiary/aromatic N) is 2. The molecule has 1 aromatic carbocycles. The van der Waals surface area contributed by atoms with E-state index in [0.717, 1.165) is 30.9 Å². The Balaban J connectivity index is 1.58. The number of aromatic nitrogens is 1. The lowest BCUT2D eigenvalue weighted by molar-refractivity contribution is -0.124. The van der Waals surface area contributed by atoms with Gasteiger partial charge in [-0.15, -0.1) is 0 Å². The highest BCUT2D eigenvalue weighted by atomic mass is 16.5. The molecule has 7 heteroatoms. The van der Waals surface area contributed by atoms with Gasteiger partial charge >= 0.3 is 0 Å². The van der Waals surface area contributed by atoms with Crippen molar-refractivity contribution >= 4 is 17.6 Å². The fraction of sp³-hybridized carbons (Fsp3) is 0.435. The number of hydrogen-bond donors (Lipinski definition) is 2. The molecule has 0 radical (unpaired) electrons. The zero-order valence-corrected chi connectivity index (χ0v) is 17.6. The first kappa shape index (κ1) is 21.8. The molecule has 1 aromatic heterocycles. The minimum atomic E-state index is -0.594. The Bertz CT molecular complexity index is 820. The molecule has 30 heavy (non-hydrogen) atoms. The van der Waals surface area contributed by atoms with Crippen molar-refractivity contribution in [2.75, 3.05) is 31.2 Å². The van der Waals surface area contributed by atoms with Gasteiger partial charge in [0.15, 0.2) is 0 Å². The molecule has 2 heterocycles. The Kier molecular flexibility index (Phi) is 7.79. The molecule has 1 fully saturated rings. The smallest absolute Gasteiger partial charge is 0.251 e. The number of nitrogens with one attached hydrogen (secondary N) is 2. The molecule has 2 atom stereocenters. The Hall–Kier alpha value is -2.93. The van der Waals surface area contributed by atoms with Crippen LogP contribution < -0.4 is 15.5 Å². The summed E-state index contributed by atoms with van der Waals surface area (Å²) < 4.78 is 5.37. The van der Waals surface area contributed by atoms with Crippen molar-refractivity contribution in [2.24, 2.45) is 5.92 Å². The average molecular weight is 411 g/mol. The third-order valence-electron chi connectivity index (χ3n) is 5.43. The molecule has 0 unspecified atom stereocenters. The number of carbonyl (C=O) groups excluding carboxylic acids is 2. The van der Waals surface area contributed by atoms with Gasteiger partial charge in [-0.05, 0) is 29.7 Å². The van der Waals surface area contributed by atoms with Crippen LogP contribution in [0.2, 0.25) is 0 Å². The third-order valence-corrected chi connectivity index (χ3v) is 5.43. The van der Waals surface area contributed by atoms with E-state index in [2.05, 4.69) is 20.5 Å². The fourth-order valence-electron chi connectivity index (χ4n) is 3.32. The predicted octanol–water partition coefficient (Wildman–Crippen LogP) is 2.38. The third kappa shape index (κ3) is 5.79. The molecule has 1 aliphatic rings. The van der Waals surface area contributed by atoms with Crippen molar-refractivity contribution in [3.8, 4) is 0 Å². The van der Waals surface area contributed by atoms with Crippen LogP contribution in [0.15, 0.2) is 48.7 Å². The molecule has 160 valence electrons. The zero-order chi connectivity index (χ0) is 21.3. The molecule has 3 rings (SSSR count). The van der Waals surface area contributed by atoms with E-state index in [9.17, 15) is 9.59 Å². The highest BCUT2D eigenvalue weighted by Crippen LogP contribution is 2.14. The molecular weight excluding hydrogens is 380 g/mol. The van der Waals surface area contributed by atoms with Gasteiger partial charge in [-0.2, -0.15) is 0 Å². The number of hydrogen-bond acceptors (Lipinski definition) is 5. The molecular formula is C23H30N4O3. The largest absolute Gasteiger partial charge is 0.378 e. The summed E-state index contributed by atoms with van der Waals surface area (Å²) in [6, 6.07) is 12.3. The number of carbonyl (C=O) groups is 2. The second-order valence-corrected chi connectivity index (χ2v) is 7.54. The van der Waals surface area contributed by atoms with Crippen molar-refractivity contribution in [3.05, 3.63) is 59.8 Å². The lowest BCUT2D eigenvalue weighted by Gasteiger charge is -2.27. The summed E-state index contributed by atoms with van der Waals surface area (Å²) in [5.41, 5.74) is 1.46. The minimum Gasteiger partial charge on any atom is -0.378 e. The molecule has 2 N–H and O–H groups in total. The van der Waals surface area contributed by atoms with Crippen LogP contribution in [-0.4, -0.2) is 49.1 Å². The van der Waals surface area contributed by atoms with Gasteiger partial charge in [0.05, 0.1) is 13.2 Å². The maximum Gasteiger partial charge on any atom is 0.251 e. The number of anilines is 1. The topological polar surface area (TPSA) is 83.6 Å². The van der Waals surface area contributed by atoms with Crippen molar-refractivity contribution in [3.63, 3.8) is 0 Å². The maximum atomic E-state index is 12.8. The summed E-state index contributed by atoms with van der Waals surface area (Å²) in [5, 5.41) is 5.83. The van der Waals surface area contributed by atoms with Gasteiger partial charge in [-0.3, -0.25) is 9.59 Å². The first-order chi connectivity index (χ1) is 14.6. The van der Waals surface area contributed by atoms with E-state index in [1.54, 1.807) is 30.5 Å². The average Bonchev–Trinajstić information content (AvgIpc) is 2.81. The van der Waals surface area contributed by atoms with Crippen LogP contribution in [0.5, 0.6) is 0 Å². The van der Waals surface area contributed by atoms with Crippen molar-refractivity contribution in [2.45, 2.75) is 32.9 Å². The van der Waals surface area contributed by atoms with Crippen LogP contribution in [-0.2, 0) is 16.1 Å². The molecule has 1 aliphatic heterocycles. The van der Waals surface area contributed by atoms with Gasteiger partial charge in [-0.25, -0.2) is 4.98 Å². The van der Waals surface area contributed by atoms with Gasteiger partial charge in [-0.1, -0.05) is 44.5 Å². The van der Waals surface area contributed by atoms with Crippen LogP contribution in [0.25, 0.3) is 0 Å². The first-order valence-electron chi connectivity index (χ1n) is 10.5. The highest BCUT2D eigenvalue weighted by Gasteiger charge is 2.26. The van der Waals surface area contributed by atoms with Crippen LogP contribution in [0.3, 0.4) is 0 Å². The monoisotopic (exact) mass is 410 g/mol. The maximum absolute atomic E-state index is 12.8. The molecule has 0 aliphatic carbocycles. The zero-order valence-electron chi connectivity index (χ0n) is 17.6. The van der Waals surface area contributed by atoms with E-state index < -0.39 is 6.04 Å². The number of morpholine rings is 1. The lowest BCUT2D eigenvalue weighted by atomic mass is 9.97. The van der Waals surface area contributed by atoms with Crippen LogP contribution in [0.4, 0.5) is 5.82 Å². The summed E-state index contributed by atoms with van der Waals surface area (Å²) in [4.78, 5) is 32.1. The van der Waals surface area contributed by atoms with Gasteiger partial charge in [0.25, 0.3) is 5.91 Å². The van der Waals surface area contributed by atoms with E-state index in [1.807, 2.05) is 32.0 Å². The summed E-state index contributed by atoms with van der Waals surface area (Å²) in [5.74, 6) is 0.499. The normalized spacial score (nSPS) is 15.9. The van der Waals surface area contributed by atoms with Crippen molar-refractivity contribution in [1.29, 1.82) is 0 Å². The van der Waals surface area contributed by atoms with Gasteiger partial charge < -0.3 is 20.3 Å². The second-order valence-electron chi connectivity index (χ2n) is 7.54. The lowest BCUT2D eigenvalue weighted by Crippen LogP contribution is -2.50. The number of ether oxygens (including phenoxy) is 1. The van der Waals surface area contributed by atoms with Crippen LogP contribution in [0, 0.1) is 5.92 Å². The fourth-order valence-corrected chi connectivity index (χ4v) is 3.32. The SMILES string of the molecule is CC[C@@H](C)[C@H](NC(=O)c1ccccc1)C(=O)NCc1ccc(N2CCOCC2)nc1. The Morgan fingerprint density at radius 1 is 1.13 bits per heavy atom. The van der Waals surface area contributed by atoms with Gasteiger partial charge in [0.2, 0.25) is 5.91 Å². The van der Waals surface area contributed by atoms with E-state index >= 15 is 0 Å². The number of pyridine rings is 1. The van der Waals surface area contributed by atoms with Crippen molar-refractivity contribution in [1.82, 2.24) is 15.6 Å². The molecule has 0 saturated carbocycles. The first-order valence-corrected chi connectivity index (χ1v) is 10.5.